The van der Waals surface area contributed by atoms with Gasteiger partial charge in [-0.2, -0.15) is 0 Å². The molecule has 6 nitrogen and oxygen atoms in total. The molecular formula is C19H25NO5. The van der Waals surface area contributed by atoms with Crippen LogP contribution in [-0.4, -0.2) is 36.9 Å². The summed E-state index contributed by atoms with van der Waals surface area (Å²) in [4.78, 5) is 25.0. The lowest BCUT2D eigenvalue weighted by Crippen LogP contribution is -2.58. The van der Waals surface area contributed by atoms with E-state index in [0.29, 0.717) is 26.1 Å². The average Bonchev–Trinajstić information content (AvgIpc) is 3.15. The van der Waals surface area contributed by atoms with E-state index in [2.05, 4.69) is 5.32 Å². The Labute approximate surface area is 147 Å². The number of amides is 1. The molecule has 0 unspecified atom stereocenters. The highest BCUT2D eigenvalue weighted by Crippen LogP contribution is 2.27. The van der Waals surface area contributed by atoms with Crippen LogP contribution in [0.4, 0.5) is 4.79 Å². The molecule has 1 aliphatic carbocycles. The van der Waals surface area contributed by atoms with Gasteiger partial charge in [-0.25, -0.2) is 9.59 Å². The SMILES string of the molecule is O=C(NC1(C(=O)OC2CCCC2)CCOCC1)OCc1ccccc1. The van der Waals surface area contributed by atoms with Gasteiger partial charge in [-0.05, 0) is 31.2 Å². The third-order valence-corrected chi connectivity index (χ3v) is 4.87. The van der Waals surface area contributed by atoms with Crippen LogP contribution in [0, 0.1) is 0 Å². The smallest absolute Gasteiger partial charge is 0.408 e. The summed E-state index contributed by atoms with van der Waals surface area (Å²) in [7, 11) is 0. The van der Waals surface area contributed by atoms with Gasteiger partial charge in [-0.15, -0.1) is 0 Å². The predicted octanol–water partition coefficient (Wildman–Crippen LogP) is 2.95. The van der Waals surface area contributed by atoms with E-state index in [1.54, 1.807) is 0 Å². The van der Waals surface area contributed by atoms with E-state index in [9.17, 15) is 9.59 Å². The zero-order chi connectivity index (χ0) is 17.5. The molecule has 0 spiro atoms. The molecule has 136 valence electrons. The number of benzene rings is 1. The van der Waals surface area contributed by atoms with E-state index in [-0.39, 0.29) is 18.7 Å². The molecule has 2 aliphatic rings. The van der Waals surface area contributed by atoms with Gasteiger partial charge in [0.25, 0.3) is 0 Å². The van der Waals surface area contributed by atoms with Crippen molar-refractivity contribution in [3.05, 3.63) is 35.9 Å². The highest BCUT2D eigenvalue weighted by Gasteiger charge is 2.44. The lowest BCUT2D eigenvalue weighted by atomic mass is 9.90. The molecule has 1 aromatic carbocycles. The van der Waals surface area contributed by atoms with E-state index in [0.717, 1.165) is 31.2 Å². The van der Waals surface area contributed by atoms with Crippen LogP contribution < -0.4 is 5.32 Å². The van der Waals surface area contributed by atoms with Gasteiger partial charge < -0.3 is 19.5 Å². The van der Waals surface area contributed by atoms with Crippen LogP contribution in [0.1, 0.15) is 44.1 Å². The van der Waals surface area contributed by atoms with Crippen molar-refractivity contribution in [3.63, 3.8) is 0 Å². The maximum atomic E-state index is 12.7. The van der Waals surface area contributed by atoms with Gasteiger partial charge in [-0.3, -0.25) is 0 Å². The molecule has 1 N–H and O–H groups in total. The summed E-state index contributed by atoms with van der Waals surface area (Å²) in [6, 6.07) is 9.43. The van der Waals surface area contributed by atoms with Crippen molar-refractivity contribution in [3.8, 4) is 0 Å². The maximum Gasteiger partial charge on any atom is 0.408 e. The normalized spacial score (nSPS) is 20.0. The lowest BCUT2D eigenvalue weighted by molar-refractivity contribution is -0.161. The van der Waals surface area contributed by atoms with Crippen molar-refractivity contribution in [2.45, 2.75) is 56.8 Å². The van der Waals surface area contributed by atoms with Gasteiger partial charge >= 0.3 is 12.1 Å². The summed E-state index contributed by atoms with van der Waals surface area (Å²) in [5, 5.41) is 2.76. The minimum atomic E-state index is -1.05. The molecule has 0 radical (unpaired) electrons. The van der Waals surface area contributed by atoms with E-state index in [1.807, 2.05) is 30.3 Å². The number of carbonyl (C=O) groups excluding carboxylic acids is 2. The van der Waals surface area contributed by atoms with Gasteiger partial charge in [0, 0.05) is 26.1 Å². The molecule has 1 saturated heterocycles. The van der Waals surface area contributed by atoms with Crippen LogP contribution in [0.5, 0.6) is 0 Å². The summed E-state index contributed by atoms with van der Waals surface area (Å²) in [6.45, 7) is 0.994. The summed E-state index contributed by atoms with van der Waals surface area (Å²) >= 11 is 0. The molecule has 2 fully saturated rings. The van der Waals surface area contributed by atoms with E-state index < -0.39 is 11.6 Å². The first-order valence-electron chi connectivity index (χ1n) is 8.96. The van der Waals surface area contributed by atoms with Gasteiger partial charge in [0.2, 0.25) is 0 Å². The van der Waals surface area contributed by atoms with Crippen molar-refractivity contribution in [2.24, 2.45) is 0 Å². The van der Waals surface area contributed by atoms with E-state index in [4.69, 9.17) is 14.2 Å². The predicted molar refractivity (Wildman–Crippen MR) is 90.9 cm³/mol. The first-order chi connectivity index (χ1) is 12.2. The van der Waals surface area contributed by atoms with Crippen LogP contribution in [-0.2, 0) is 25.6 Å². The zero-order valence-electron chi connectivity index (χ0n) is 14.4. The molecule has 25 heavy (non-hydrogen) atoms. The molecule has 0 atom stereocenters. The molecule has 0 bridgehead atoms. The highest BCUT2D eigenvalue weighted by molar-refractivity contribution is 5.86. The molecular weight excluding hydrogens is 322 g/mol. The van der Waals surface area contributed by atoms with Gasteiger partial charge in [-0.1, -0.05) is 30.3 Å². The van der Waals surface area contributed by atoms with Crippen molar-refractivity contribution < 1.29 is 23.8 Å². The Kier molecular flexibility index (Phi) is 5.91. The molecule has 1 heterocycles. The molecule has 1 aliphatic heterocycles. The topological polar surface area (TPSA) is 73.9 Å². The minimum absolute atomic E-state index is 0.0330. The Morgan fingerprint density at radius 1 is 1.12 bits per heavy atom. The third-order valence-electron chi connectivity index (χ3n) is 4.87. The fourth-order valence-corrected chi connectivity index (χ4v) is 3.32. The first-order valence-corrected chi connectivity index (χ1v) is 8.96. The van der Waals surface area contributed by atoms with E-state index >= 15 is 0 Å². The second-order valence-corrected chi connectivity index (χ2v) is 6.69. The lowest BCUT2D eigenvalue weighted by Gasteiger charge is -2.35. The quantitative estimate of drug-likeness (QED) is 0.829. The van der Waals surface area contributed by atoms with Crippen LogP contribution in [0.25, 0.3) is 0 Å². The Morgan fingerprint density at radius 3 is 2.48 bits per heavy atom. The van der Waals surface area contributed by atoms with Crippen LogP contribution >= 0.6 is 0 Å². The fraction of sp³-hybridized carbons (Fsp3) is 0.579. The van der Waals surface area contributed by atoms with Gasteiger partial charge in [0.15, 0.2) is 0 Å². The van der Waals surface area contributed by atoms with Gasteiger partial charge in [0.1, 0.15) is 18.2 Å². The van der Waals surface area contributed by atoms with Crippen LogP contribution in [0.3, 0.4) is 0 Å². The number of rotatable bonds is 5. The summed E-state index contributed by atoms with van der Waals surface area (Å²) < 4.78 is 16.3. The van der Waals surface area contributed by atoms with Gasteiger partial charge in [0.05, 0.1) is 0 Å². The number of carbonyl (C=O) groups is 2. The molecule has 1 saturated carbocycles. The Morgan fingerprint density at radius 2 is 1.80 bits per heavy atom. The number of esters is 1. The van der Waals surface area contributed by atoms with Crippen molar-refractivity contribution in [1.29, 1.82) is 0 Å². The molecule has 1 amide bonds. The van der Waals surface area contributed by atoms with Crippen LogP contribution in [0.15, 0.2) is 30.3 Å². The third kappa shape index (κ3) is 4.72. The number of ether oxygens (including phenoxy) is 3. The number of hydrogen-bond donors (Lipinski definition) is 1. The van der Waals surface area contributed by atoms with Crippen LogP contribution in [0.2, 0.25) is 0 Å². The highest BCUT2D eigenvalue weighted by atomic mass is 16.6. The second kappa shape index (κ2) is 8.34. The summed E-state index contributed by atoms with van der Waals surface area (Å²) in [5.41, 5.74) is -0.151. The Balaban J connectivity index is 1.59. The van der Waals surface area contributed by atoms with Crippen molar-refractivity contribution in [2.75, 3.05) is 13.2 Å². The van der Waals surface area contributed by atoms with E-state index in [1.165, 1.54) is 0 Å². The molecule has 3 rings (SSSR count). The van der Waals surface area contributed by atoms with Crippen molar-refractivity contribution in [1.82, 2.24) is 5.32 Å². The standard InChI is InChI=1S/C19H25NO5/c21-17(25-16-8-4-5-9-16)19(10-12-23-13-11-19)20-18(22)24-14-15-6-2-1-3-7-15/h1-3,6-7,16H,4-5,8-14H2,(H,20,22). The number of hydrogen-bond acceptors (Lipinski definition) is 5. The maximum absolute atomic E-state index is 12.7. The van der Waals surface area contributed by atoms with Crippen molar-refractivity contribution >= 4 is 12.1 Å². The molecule has 6 heteroatoms. The monoisotopic (exact) mass is 347 g/mol. The second-order valence-electron chi connectivity index (χ2n) is 6.69. The Bertz CT molecular complexity index is 577. The molecule has 0 aromatic heterocycles. The Hall–Kier alpha value is -2.08. The summed E-state index contributed by atoms with van der Waals surface area (Å²) in [6.07, 6.45) is 4.13. The largest absolute Gasteiger partial charge is 0.461 e. The summed E-state index contributed by atoms with van der Waals surface area (Å²) in [5.74, 6) is -0.362. The average molecular weight is 347 g/mol. The zero-order valence-corrected chi connectivity index (χ0v) is 14.4. The minimum Gasteiger partial charge on any atom is -0.461 e. The first kappa shape index (κ1) is 17.7. The number of alkyl carbamates (subject to hydrolysis) is 1. The molecule has 1 aromatic rings. The number of nitrogens with one attached hydrogen (secondary N) is 1. The fourth-order valence-electron chi connectivity index (χ4n) is 3.32.